The Kier molecular flexibility index (Phi) is 6.46. The van der Waals surface area contributed by atoms with Crippen LogP contribution in [0.2, 0.25) is 5.02 Å². The van der Waals surface area contributed by atoms with Crippen molar-refractivity contribution in [1.29, 1.82) is 5.26 Å². The zero-order valence-corrected chi connectivity index (χ0v) is 19.6. The third kappa shape index (κ3) is 4.43. The number of aromatic nitrogens is 1. The summed E-state index contributed by atoms with van der Waals surface area (Å²) in [6.07, 6.45) is 1.25. The van der Waals surface area contributed by atoms with Crippen molar-refractivity contribution in [2.45, 2.75) is 39.3 Å². The molecule has 0 unspecified atom stereocenters. The number of hydrogen-bond acceptors (Lipinski definition) is 5. The molecule has 178 valence electrons. The zero-order chi connectivity index (χ0) is 25.4. The summed E-state index contributed by atoms with van der Waals surface area (Å²) < 4.78 is 22.0. The topological polar surface area (TPSA) is 109 Å². The number of carboxylic acid groups (broad SMARTS) is 1. The molecule has 35 heavy (non-hydrogen) atoms. The van der Waals surface area contributed by atoms with E-state index in [0.29, 0.717) is 16.8 Å². The van der Waals surface area contributed by atoms with Crippen molar-refractivity contribution in [3.05, 3.63) is 79.8 Å². The Morgan fingerprint density at radius 1 is 1.26 bits per heavy atom. The van der Waals surface area contributed by atoms with Gasteiger partial charge in [-0.25, -0.2) is 14.0 Å². The standard InChI is InChI=1S/C26H20ClFN2O5/c1-3-30-13(2)21(18-10-17(19(27)11-20(18)28)26(34)35-16-8-9-16)24(31)22(25(32)33)23(30)15-6-4-14(12-29)5-7-15/h4-7,10-11,16H,3,8-9H2,1-2H3,(H,32,33). The van der Waals surface area contributed by atoms with Crippen LogP contribution in [0.3, 0.4) is 0 Å². The van der Waals surface area contributed by atoms with Crippen molar-refractivity contribution in [3.8, 4) is 28.5 Å². The predicted molar refractivity (Wildman–Crippen MR) is 127 cm³/mol. The molecule has 0 atom stereocenters. The number of halogens is 2. The number of carboxylic acids is 1. The van der Waals surface area contributed by atoms with Gasteiger partial charge >= 0.3 is 11.9 Å². The molecule has 1 heterocycles. The highest BCUT2D eigenvalue weighted by Gasteiger charge is 2.30. The normalized spacial score (nSPS) is 12.8. The molecule has 1 saturated carbocycles. The van der Waals surface area contributed by atoms with Gasteiger partial charge in [0.15, 0.2) is 0 Å². The molecule has 0 radical (unpaired) electrons. The number of hydrogen-bond donors (Lipinski definition) is 1. The van der Waals surface area contributed by atoms with Crippen molar-refractivity contribution < 1.29 is 23.8 Å². The van der Waals surface area contributed by atoms with Gasteiger partial charge in [-0.15, -0.1) is 0 Å². The number of benzene rings is 2. The molecule has 1 aromatic heterocycles. The molecule has 1 N–H and O–H groups in total. The highest BCUT2D eigenvalue weighted by atomic mass is 35.5. The summed E-state index contributed by atoms with van der Waals surface area (Å²) in [7, 11) is 0. The van der Waals surface area contributed by atoms with Crippen LogP contribution >= 0.6 is 11.6 Å². The first kappa shape index (κ1) is 24.2. The summed E-state index contributed by atoms with van der Waals surface area (Å²) in [5.74, 6) is -3.09. The summed E-state index contributed by atoms with van der Waals surface area (Å²) in [5, 5.41) is 18.9. The first-order valence-corrected chi connectivity index (χ1v) is 11.3. The van der Waals surface area contributed by atoms with Crippen LogP contribution in [0, 0.1) is 24.1 Å². The third-order valence-corrected chi connectivity index (χ3v) is 6.20. The molecule has 4 rings (SSSR count). The smallest absolute Gasteiger partial charge is 0.341 e. The van der Waals surface area contributed by atoms with E-state index in [9.17, 15) is 19.5 Å². The van der Waals surface area contributed by atoms with E-state index in [1.54, 1.807) is 30.5 Å². The summed E-state index contributed by atoms with van der Waals surface area (Å²) in [5.41, 5.74) is -0.742. The molecule has 0 aliphatic heterocycles. The number of pyridine rings is 1. The Morgan fingerprint density at radius 3 is 2.46 bits per heavy atom. The second-order valence-electron chi connectivity index (χ2n) is 8.17. The third-order valence-electron chi connectivity index (χ3n) is 5.89. The molecule has 1 aliphatic carbocycles. The van der Waals surface area contributed by atoms with Gasteiger partial charge in [0, 0.05) is 17.8 Å². The van der Waals surface area contributed by atoms with E-state index in [1.165, 1.54) is 12.1 Å². The van der Waals surface area contributed by atoms with Crippen LogP contribution < -0.4 is 5.43 Å². The molecule has 2 aromatic carbocycles. The Hall–Kier alpha value is -3.96. The number of ether oxygens (including phenoxy) is 1. The van der Waals surface area contributed by atoms with E-state index in [2.05, 4.69) is 0 Å². The average Bonchev–Trinajstić information content (AvgIpc) is 3.63. The summed E-state index contributed by atoms with van der Waals surface area (Å²) in [6, 6.07) is 10.2. The largest absolute Gasteiger partial charge is 0.477 e. The van der Waals surface area contributed by atoms with Crippen molar-refractivity contribution in [2.75, 3.05) is 0 Å². The molecule has 1 aliphatic rings. The molecule has 0 spiro atoms. The Labute approximate surface area is 205 Å². The van der Waals surface area contributed by atoms with E-state index >= 15 is 4.39 Å². The lowest BCUT2D eigenvalue weighted by atomic mass is 9.94. The lowest BCUT2D eigenvalue weighted by Crippen LogP contribution is -2.25. The molecule has 0 saturated heterocycles. The van der Waals surface area contributed by atoms with Crippen molar-refractivity contribution in [2.24, 2.45) is 0 Å². The summed E-state index contributed by atoms with van der Waals surface area (Å²) >= 11 is 6.10. The number of nitriles is 1. The SMILES string of the molecule is CCn1c(C)c(-c2cc(C(=O)OC3CC3)c(Cl)cc2F)c(=O)c(C(=O)O)c1-c1ccc(C#N)cc1. The first-order valence-electron chi connectivity index (χ1n) is 10.9. The highest BCUT2D eigenvalue weighted by molar-refractivity contribution is 6.33. The predicted octanol–water partition coefficient (Wildman–Crippen LogP) is 5.19. The van der Waals surface area contributed by atoms with E-state index in [1.807, 2.05) is 6.07 Å². The van der Waals surface area contributed by atoms with Crippen molar-refractivity contribution >= 4 is 23.5 Å². The van der Waals surface area contributed by atoms with E-state index in [-0.39, 0.29) is 40.1 Å². The second-order valence-corrected chi connectivity index (χ2v) is 8.58. The molecule has 7 nitrogen and oxygen atoms in total. The summed E-state index contributed by atoms with van der Waals surface area (Å²) in [4.78, 5) is 38.4. The van der Waals surface area contributed by atoms with Crippen molar-refractivity contribution in [3.63, 3.8) is 0 Å². The fraction of sp³-hybridized carbons (Fsp3) is 0.231. The maximum absolute atomic E-state index is 15.1. The van der Waals surface area contributed by atoms with Gasteiger partial charge in [-0.05, 0) is 56.5 Å². The molecule has 1 fully saturated rings. The maximum Gasteiger partial charge on any atom is 0.341 e. The minimum atomic E-state index is -1.49. The molecular formula is C26H20ClFN2O5. The number of nitrogens with zero attached hydrogens (tertiary/aromatic N) is 2. The number of esters is 1. The van der Waals surface area contributed by atoms with Gasteiger partial charge in [0.05, 0.1) is 33.5 Å². The van der Waals surface area contributed by atoms with Crippen LogP contribution in [0.25, 0.3) is 22.4 Å². The Bertz CT molecular complexity index is 1470. The monoisotopic (exact) mass is 494 g/mol. The second kappa shape index (κ2) is 9.35. The van der Waals surface area contributed by atoms with Crippen LogP contribution in [-0.4, -0.2) is 27.7 Å². The molecule has 0 bridgehead atoms. The van der Waals surface area contributed by atoms with Gasteiger partial charge in [-0.1, -0.05) is 23.7 Å². The average molecular weight is 495 g/mol. The fourth-order valence-electron chi connectivity index (χ4n) is 4.05. The lowest BCUT2D eigenvalue weighted by molar-refractivity contribution is 0.0472. The Morgan fingerprint density at radius 2 is 1.91 bits per heavy atom. The fourth-order valence-corrected chi connectivity index (χ4v) is 4.27. The number of carbonyl (C=O) groups excluding carboxylic acids is 1. The van der Waals surface area contributed by atoms with Crippen LogP contribution in [0.15, 0.2) is 41.2 Å². The quantitative estimate of drug-likeness (QED) is 0.472. The van der Waals surface area contributed by atoms with Crippen LogP contribution in [-0.2, 0) is 11.3 Å². The highest BCUT2D eigenvalue weighted by Crippen LogP contribution is 2.34. The van der Waals surface area contributed by atoms with Gasteiger partial charge in [0.25, 0.3) is 0 Å². The molecule has 9 heteroatoms. The Balaban J connectivity index is 2.00. The van der Waals surface area contributed by atoms with Crippen LogP contribution in [0.4, 0.5) is 4.39 Å². The molecule has 3 aromatic rings. The van der Waals surface area contributed by atoms with E-state index in [4.69, 9.17) is 21.6 Å². The van der Waals surface area contributed by atoms with Gasteiger partial charge in [0.2, 0.25) is 5.43 Å². The van der Waals surface area contributed by atoms with Gasteiger partial charge < -0.3 is 14.4 Å². The number of carbonyl (C=O) groups is 2. The number of rotatable bonds is 6. The minimum Gasteiger partial charge on any atom is -0.477 e. The van der Waals surface area contributed by atoms with E-state index in [0.717, 1.165) is 25.0 Å². The minimum absolute atomic E-state index is 0.107. The molecule has 0 amide bonds. The lowest BCUT2D eigenvalue weighted by Gasteiger charge is -2.21. The number of aromatic carboxylic acids is 1. The van der Waals surface area contributed by atoms with Crippen molar-refractivity contribution in [1.82, 2.24) is 4.57 Å². The van der Waals surface area contributed by atoms with Gasteiger partial charge in [0.1, 0.15) is 17.5 Å². The van der Waals surface area contributed by atoms with Crippen LogP contribution in [0.1, 0.15) is 51.7 Å². The first-order chi connectivity index (χ1) is 16.7. The molecular weight excluding hydrogens is 475 g/mol. The summed E-state index contributed by atoms with van der Waals surface area (Å²) in [6.45, 7) is 3.60. The van der Waals surface area contributed by atoms with E-state index < -0.39 is 28.7 Å². The zero-order valence-electron chi connectivity index (χ0n) is 18.9. The van der Waals surface area contributed by atoms with Crippen LogP contribution in [0.5, 0.6) is 0 Å². The van der Waals surface area contributed by atoms with Gasteiger partial charge in [-0.3, -0.25) is 4.79 Å². The van der Waals surface area contributed by atoms with Gasteiger partial charge in [-0.2, -0.15) is 5.26 Å². The maximum atomic E-state index is 15.1.